The standard InChI is InChI=1S/C11H18N4O/c1-2-8(10-13-6-7-14-10)15-11(16)9-4-3-5-12-9/h6-9,12H,2-5H2,1H3,(H,13,14)(H,15,16)/t8?,9-/m0/s1. The molecular formula is C11H18N4O. The summed E-state index contributed by atoms with van der Waals surface area (Å²) in [6.07, 6.45) is 6.33. The van der Waals surface area contributed by atoms with Crippen molar-refractivity contribution in [2.24, 2.45) is 0 Å². The van der Waals surface area contributed by atoms with Gasteiger partial charge in [-0.15, -0.1) is 0 Å². The minimum atomic E-state index is -0.0241. The summed E-state index contributed by atoms with van der Waals surface area (Å²) >= 11 is 0. The van der Waals surface area contributed by atoms with Gasteiger partial charge in [-0.2, -0.15) is 0 Å². The number of carbonyl (C=O) groups excluding carboxylic acids is 1. The van der Waals surface area contributed by atoms with Crippen LogP contribution in [0.1, 0.15) is 38.1 Å². The SMILES string of the molecule is CCC(NC(=O)[C@@H]1CCCN1)c1ncc[nH]1. The van der Waals surface area contributed by atoms with Crippen LogP contribution in [0.3, 0.4) is 0 Å². The minimum absolute atomic E-state index is 0.00935. The Kier molecular flexibility index (Phi) is 3.56. The molecule has 0 saturated carbocycles. The summed E-state index contributed by atoms with van der Waals surface area (Å²) < 4.78 is 0. The van der Waals surface area contributed by atoms with Crippen LogP contribution < -0.4 is 10.6 Å². The Balaban J connectivity index is 1.93. The van der Waals surface area contributed by atoms with Crippen molar-refractivity contribution in [3.63, 3.8) is 0 Å². The van der Waals surface area contributed by atoms with E-state index in [0.29, 0.717) is 0 Å². The van der Waals surface area contributed by atoms with Crippen molar-refractivity contribution in [3.05, 3.63) is 18.2 Å². The molecule has 1 amide bonds. The molecule has 0 spiro atoms. The first-order valence-corrected chi connectivity index (χ1v) is 5.84. The largest absolute Gasteiger partial charge is 0.347 e. The van der Waals surface area contributed by atoms with Gasteiger partial charge < -0.3 is 15.6 Å². The molecule has 0 aliphatic carbocycles. The molecule has 0 aromatic carbocycles. The van der Waals surface area contributed by atoms with Crippen LogP contribution in [0.2, 0.25) is 0 Å². The number of rotatable bonds is 4. The van der Waals surface area contributed by atoms with Gasteiger partial charge >= 0.3 is 0 Å². The molecule has 5 heteroatoms. The van der Waals surface area contributed by atoms with E-state index in [1.807, 2.05) is 6.92 Å². The highest BCUT2D eigenvalue weighted by Crippen LogP contribution is 2.13. The third kappa shape index (κ3) is 2.41. The summed E-state index contributed by atoms with van der Waals surface area (Å²) in [6.45, 7) is 2.98. The van der Waals surface area contributed by atoms with Gasteiger partial charge in [0.25, 0.3) is 0 Å². The first-order chi connectivity index (χ1) is 7.81. The van der Waals surface area contributed by atoms with Crippen molar-refractivity contribution in [1.29, 1.82) is 0 Å². The highest BCUT2D eigenvalue weighted by atomic mass is 16.2. The van der Waals surface area contributed by atoms with Gasteiger partial charge in [-0.25, -0.2) is 4.98 Å². The van der Waals surface area contributed by atoms with E-state index in [2.05, 4.69) is 20.6 Å². The maximum Gasteiger partial charge on any atom is 0.237 e. The summed E-state index contributed by atoms with van der Waals surface area (Å²) in [5.41, 5.74) is 0. The van der Waals surface area contributed by atoms with Crippen LogP contribution in [0, 0.1) is 0 Å². The molecule has 1 unspecified atom stereocenters. The average Bonchev–Trinajstić information content (AvgIpc) is 2.96. The van der Waals surface area contributed by atoms with Crippen molar-refractivity contribution in [1.82, 2.24) is 20.6 Å². The fraction of sp³-hybridized carbons (Fsp3) is 0.636. The second-order valence-corrected chi connectivity index (χ2v) is 4.09. The Bertz CT molecular complexity index is 330. The molecule has 1 aliphatic rings. The Labute approximate surface area is 95.0 Å². The first kappa shape index (κ1) is 11.1. The highest BCUT2D eigenvalue weighted by Gasteiger charge is 2.24. The van der Waals surface area contributed by atoms with E-state index >= 15 is 0 Å². The number of nitrogens with zero attached hydrogens (tertiary/aromatic N) is 1. The van der Waals surface area contributed by atoms with Crippen LogP contribution in [0.15, 0.2) is 12.4 Å². The van der Waals surface area contributed by atoms with Crippen LogP contribution >= 0.6 is 0 Å². The van der Waals surface area contributed by atoms with Crippen molar-refractivity contribution < 1.29 is 4.79 Å². The third-order valence-corrected chi connectivity index (χ3v) is 2.95. The summed E-state index contributed by atoms with van der Waals surface area (Å²) in [7, 11) is 0. The molecule has 1 fully saturated rings. The molecule has 2 atom stereocenters. The first-order valence-electron chi connectivity index (χ1n) is 5.84. The molecular weight excluding hydrogens is 204 g/mol. The number of H-pyrrole nitrogens is 1. The molecule has 2 heterocycles. The van der Waals surface area contributed by atoms with Gasteiger partial charge in [0.05, 0.1) is 12.1 Å². The number of amides is 1. The van der Waals surface area contributed by atoms with Gasteiger partial charge in [-0.05, 0) is 25.8 Å². The van der Waals surface area contributed by atoms with Gasteiger partial charge in [-0.3, -0.25) is 4.79 Å². The lowest BCUT2D eigenvalue weighted by Gasteiger charge is -2.17. The normalized spacial score (nSPS) is 21.9. The fourth-order valence-electron chi connectivity index (χ4n) is 2.01. The molecule has 5 nitrogen and oxygen atoms in total. The van der Waals surface area contributed by atoms with Gasteiger partial charge in [-0.1, -0.05) is 6.92 Å². The van der Waals surface area contributed by atoms with Crippen LogP contribution in [-0.4, -0.2) is 28.5 Å². The van der Waals surface area contributed by atoms with Crippen LogP contribution in [0.5, 0.6) is 0 Å². The lowest BCUT2D eigenvalue weighted by atomic mass is 10.1. The molecule has 88 valence electrons. The predicted octanol–water partition coefficient (Wildman–Crippen LogP) is 0.729. The van der Waals surface area contributed by atoms with E-state index in [0.717, 1.165) is 31.6 Å². The molecule has 1 aliphatic heterocycles. The average molecular weight is 222 g/mol. The quantitative estimate of drug-likeness (QED) is 0.703. The smallest absolute Gasteiger partial charge is 0.237 e. The zero-order valence-electron chi connectivity index (χ0n) is 9.49. The summed E-state index contributed by atoms with van der Waals surface area (Å²) in [5, 5.41) is 6.20. The molecule has 0 bridgehead atoms. The second kappa shape index (κ2) is 5.12. The monoisotopic (exact) mass is 222 g/mol. The van der Waals surface area contributed by atoms with Gasteiger partial charge in [0.15, 0.2) is 0 Å². The number of aromatic nitrogens is 2. The van der Waals surface area contributed by atoms with E-state index < -0.39 is 0 Å². The molecule has 3 N–H and O–H groups in total. The summed E-state index contributed by atoms with van der Waals surface area (Å²) in [4.78, 5) is 19.1. The Morgan fingerprint density at radius 1 is 1.75 bits per heavy atom. The summed E-state index contributed by atoms with van der Waals surface area (Å²) in [6, 6.07) is -0.0334. The van der Waals surface area contributed by atoms with E-state index in [1.54, 1.807) is 12.4 Å². The second-order valence-electron chi connectivity index (χ2n) is 4.09. The maximum absolute atomic E-state index is 11.9. The lowest BCUT2D eigenvalue weighted by Crippen LogP contribution is -2.42. The Morgan fingerprint density at radius 3 is 3.19 bits per heavy atom. The van der Waals surface area contributed by atoms with E-state index in [-0.39, 0.29) is 18.0 Å². The maximum atomic E-state index is 11.9. The summed E-state index contributed by atoms with van der Waals surface area (Å²) in [5.74, 6) is 0.912. The van der Waals surface area contributed by atoms with Gasteiger partial charge in [0.1, 0.15) is 5.82 Å². The van der Waals surface area contributed by atoms with Crippen molar-refractivity contribution in [2.45, 2.75) is 38.3 Å². The van der Waals surface area contributed by atoms with E-state index in [9.17, 15) is 4.79 Å². The van der Waals surface area contributed by atoms with E-state index in [4.69, 9.17) is 0 Å². The highest BCUT2D eigenvalue weighted by molar-refractivity contribution is 5.82. The number of nitrogens with one attached hydrogen (secondary N) is 3. The topological polar surface area (TPSA) is 69.8 Å². The molecule has 0 radical (unpaired) electrons. The molecule has 16 heavy (non-hydrogen) atoms. The number of hydrogen-bond acceptors (Lipinski definition) is 3. The third-order valence-electron chi connectivity index (χ3n) is 2.95. The molecule has 1 aromatic heterocycles. The van der Waals surface area contributed by atoms with Crippen molar-refractivity contribution in [3.8, 4) is 0 Å². The molecule has 2 rings (SSSR count). The van der Waals surface area contributed by atoms with Crippen LogP contribution in [0.25, 0.3) is 0 Å². The zero-order valence-corrected chi connectivity index (χ0v) is 9.49. The molecule has 1 aromatic rings. The van der Waals surface area contributed by atoms with Gasteiger partial charge in [0.2, 0.25) is 5.91 Å². The number of imidazole rings is 1. The van der Waals surface area contributed by atoms with Crippen molar-refractivity contribution in [2.75, 3.05) is 6.54 Å². The van der Waals surface area contributed by atoms with E-state index in [1.165, 1.54) is 0 Å². The van der Waals surface area contributed by atoms with Gasteiger partial charge in [0, 0.05) is 12.4 Å². The minimum Gasteiger partial charge on any atom is -0.347 e. The zero-order chi connectivity index (χ0) is 11.4. The fourth-order valence-corrected chi connectivity index (χ4v) is 2.01. The van der Waals surface area contributed by atoms with Crippen molar-refractivity contribution >= 4 is 5.91 Å². The number of aromatic amines is 1. The predicted molar refractivity (Wildman–Crippen MR) is 60.8 cm³/mol. The molecule has 1 saturated heterocycles. The van der Waals surface area contributed by atoms with Crippen LogP contribution in [-0.2, 0) is 4.79 Å². The Morgan fingerprint density at radius 2 is 2.62 bits per heavy atom. The lowest BCUT2D eigenvalue weighted by molar-refractivity contribution is -0.123. The van der Waals surface area contributed by atoms with Crippen LogP contribution in [0.4, 0.5) is 0 Å². The number of hydrogen-bond donors (Lipinski definition) is 3. The Hall–Kier alpha value is -1.36. The number of carbonyl (C=O) groups is 1.